The second kappa shape index (κ2) is 22.4. The summed E-state index contributed by atoms with van der Waals surface area (Å²) >= 11 is 0. The molecule has 0 radical (unpaired) electrons. The normalized spacial score (nSPS) is 8.00. The van der Waals surface area contributed by atoms with Crippen molar-refractivity contribution in [1.82, 2.24) is 4.90 Å². The molecular weight excluding hydrogens is 146 g/mol. The van der Waals surface area contributed by atoms with E-state index in [2.05, 4.69) is 39.6 Å². The van der Waals surface area contributed by atoms with Crippen LogP contribution >= 0.6 is 0 Å². The van der Waals surface area contributed by atoms with Gasteiger partial charge in [0.1, 0.15) is 0 Å². The summed E-state index contributed by atoms with van der Waals surface area (Å²) in [6.45, 7) is 15.0. The van der Waals surface area contributed by atoms with Crippen molar-refractivity contribution < 1.29 is 0 Å². The van der Waals surface area contributed by atoms with Crippen molar-refractivity contribution in [3.63, 3.8) is 0 Å². The van der Waals surface area contributed by atoms with Crippen molar-refractivity contribution >= 4 is 0 Å². The molecule has 0 unspecified atom stereocenters. The summed E-state index contributed by atoms with van der Waals surface area (Å²) in [5, 5.41) is 0. The van der Waals surface area contributed by atoms with Crippen molar-refractivity contribution in [3.8, 4) is 0 Å². The van der Waals surface area contributed by atoms with E-state index < -0.39 is 0 Å². The average Bonchev–Trinajstić information content (AvgIpc) is 2.20. The Hall–Kier alpha value is -0.0400. The number of rotatable bonds is 3. The summed E-state index contributed by atoms with van der Waals surface area (Å²) in [5.74, 6) is 0. The first-order valence-electron chi connectivity index (χ1n) is 5.41. The maximum Gasteiger partial charge on any atom is -0.00504 e. The molecule has 78 valence electrons. The monoisotopic (exact) mass is 175 g/mol. The largest absolute Gasteiger partial charge is 0.307 e. The minimum Gasteiger partial charge on any atom is -0.307 e. The Balaban J connectivity index is -0.000000118. The summed E-state index contributed by atoms with van der Waals surface area (Å²) in [6.07, 6.45) is 2.64. The summed E-state index contributed by atoms with van der Waals surface area (Å²) in [4.78, 5) is 2.25. The lowest BCUT2D eigenvalue weighted by Gasteiger charge is -2.07. The first kappa shape index (κ1) is 17.9. The Morgan fingerprint density at radius 3 is 1.00 bits per heavy atom. The Labute approximate surface area is 80.2 Å². The second-order valence-electron chi connectivity index (χ2n) is 2.49. The Bertz CT molecular complexity index is 38.3. The number of nitrogens with zero attached hydrogens (tertiary/aromatic N) is 1. The van der Waals surface area contributed by atoms with Gasteiger partial charge in [-0.15, -0.1) is 0 Å². The van der Waals surface area contributed by atoms with E-state index in [0.29, 0.717) is 0 Å². The van der Waals surface area contributed by atoms with Crippen molar-refractivity contribution in [2.24, 2.45) is 0 Å². The fraction of sp³-hybridized carbons (Fsp3) is 1.00. The van der Waals surface area contributed by atoms with Gasteiger partial charge in [0, 0.05) is 0 Å². The minimum atomic E-state index is 1.16. The summed E-state index contributed by atoms with van der Waals surface area (Å²) < 4.78 is 0. The van der Waals surface area contributed by atoms with Crippen molar-refractivity contribution in [1.29, 1.82) is 0 Å². The zero-order chi connectivity index (χ0) is 10.4. The standard InChI is InChI=1S/C5H13N.C4H10.C2H6/c1-4-6(3)5-2;1-3-4-2;1-2/h4-5H2,1-3H3;3-4H2,1-2H3;1-2H3. The van der Waals surface area contributed by atoms with Crippen LogP contribution in [0.5, 0.6) is 0 Å². The molecule has 0 rings (SSSR count). The number of hydrogen-bond donors (Lipinski definition) is 0. The summed E-state index contributed by atoms with van der Waals surface area (Å²) in [6, 6.07) is 0. The molecule has 0 aliphatic heterocycles. The molecule has 0 aromatic rings. The Morgan fingerprint density at radius 2 is 1.00 bits per heavy atom. The van der Waals surface area contributed by atoms with Crippen LogP contribution in [0, 0.1) is 0 Å². The van der Waals surface area contributed by atoms with E-state index in [9.17, 15) is 0 Å². The van der Waals surface area contributed by atoms with Gasteiger partial charge in [-0.05, 0) is 20.1 Å². The van der Waals surface area contributed by atoms with Gasteiger partial charge in [-0.1, -0.05) is 54.4 Å². The van der Waals surface area contributed by atoms with Crippen LogP contribution in [0.25, 0.3) is 0 Å². The molecular formula is C11H29N. The topological polar surface area (TPSA) is 3.24 Å². The maximum absolute atomic E-state index is 2.25. The van der Waals surface area contributed by atoms with Gasteiger partial charge in [0.2, 0.25) is 0 Å². The molecule has 0 aliphatic carbocycles. The fourth-order valence-corrected chi connectivity index (χ4v) is 0.224. The molecule has 0 aliphatic rings. The van der Waals surface area contributed by atoms with E-state index >= 15 is 0 Å². The quantitative estimate of drug-likeness (QED) is 0.631. The fourth-order valence-electron chi connectivity index (χ4n) is 0.224. The van der Waals surface area contributed by atoms with Crippen LogP contribution in [-0.4, -0.2) is 25.0 Å². The van der Waals surface area contributed by atoms with Gasteiger partial charge in [0.25, 0.3) is 0 Å². The predicted molar refractivity (Wildman–Crippen MR) is 60.8 cm³/mol. The highest BCUT2D eigenvalue weighted by Gasteiger charge is 1.81. The minimum absolute atomic E-state index is 1.16. The van der Waals surface area contributed by atoms with E-state index in [1.54, 1.807) is 0 Å². The summed E-state index contributed by atoms with van der Waals surface area (Å²) in [5.41, 5.74) is 0. The first-order valence-corrected chi connectivity index (χ1v) is 5.41. The average molecular weight is 175 g/mol. The second-order valence-corrected chi connectivity index (χ2v) is 2.49. The third-order valence-electron chi connectivity index (χ3n) is 1.58. The van der Waals surface area contributed by atoms with E-state index in [-0.39, 0.29) is 0 Å². The molecule has 0 saturated heterocycles. The van der Waals surface area contributed by atoms with Crippen molar-refractivity contribution in [2.45, 2.75) is 54.4 Å². The van der Waals surface area contributed by atoms with Gasteiger partial charge in [-0.3, -0.25) is 0 Å². The maximum atomic E-state index is 2.25. The van der Waals surface area contributed by atoms with E-state index in [4.69, 9.17) is 0 Å². The molecule has 0 saturated carbocycles. The lowest BCUT2D eigenvalue weighted by Crippen LogP contribution is -2.15. The molecule has 1 nitrogen and oxygen atoms in total. The highest BCUT2D eigenvalue weighted by molar-refractivity contribution is 4.36. The molecule has 1 heteroatoms. The molecule has 0 atom stereocenters. The van der Waals surface area contributed by atoms with Gasteiger partial charge >= 0.3 is 0 Å². The summed E-state index contributed by atoms with van der Waals surface area (Å²) in [7, 11) is 2.11. The van der Waals surface area contributed by atoms with Gasteiger partial charge in [-0.25, -0.2) is 0 Å². The van der Waals surface area contributed by atoms with Gasteiger partial charge in [0.15, 0.2) is 0 Å². The third-order valence-corrected chi connectivity index (χ3v) is 1.58. The van der Waals surface area contributed by atoms with Crippen molar-refractivity contribution in [2.75, 3.05) is 20.1 Å². The number of unbranched alkanes of at least 4 members (excludes halogenated alkanes) is 1. The highest BCUT2D eigenvalue weighted by atomic mass is 15.1. The predicted octanol–water partition coefficient (Wildman–Crippen LogP) is 3.79. The molecule has 0 spiro atoms. The third kappa shape index (κ3) is 32.5. The van der Waals surface area contributed by atoms with Gasteiger partial charge in [-0.2, -0.15) is 0 Å². The smallest absolute Gasteiger partial charge is 0.00504 e. The zero-order valence-electron chi connectivity index (χ0n) is 10.3. The number of hydrogen-bond acceptors (Lipinski definition) is 1. The van der Waals surface area contributed by atoms with E-state index in [1.807, 2.05) is 13.8 Å². The van der Waals surface area contributed by atoms with E-state index in [1.165, 1.54) is 12.8 Å². The molecule has 0 fully saturated rings. The van der Waals surface area contributed by atoms with Gasteiger partial charge < -0.3 is 4.90 Å². The van der Waals surface area contributed by atoms with Crippen LogP contribution in [-0.2, 0) is 0 Å². The first-order chi connectivity index (χ1) is 5.72. The Kier molecular flexibility index (Phi) is 33.5. The van der Waals surface area contributed by atoms with Gasteiger partial charge in [0.05, 0.1) is 0 Å². The van der Waals surface area contributed by atoms with E-state index in [0.717, 1.165) is 13.1 Å². The van der Waals surface area contributed by atoms with Crippen LogP contribution in [0.15, 0.2) is 0 Å². The van der Waals surface area contributed by atoms with Crippen LogP contribution in [0.2, 0.25) is 0 Å². The molecule has 0 amide bonds. The van der Waals surface area contributed by atoms with Crippen LogP contribution < -0.4 is 0 Å². The zero-order valence-corrected chi connectivity index (χ0v) is 10.3. The molecule has 0 bridgehead atoms. The molecule has 0 heterocycles. The lowest BCUT2D eigenvalue weighted by molar-refractivity contribution is 0.373. The molecule has 12 heavy (non-hydrogen) atoms. The van der Waals surface area contributed by atoms with Crippen LogP contribution in [0.3, 0.4) is 0 Å². The Morgan fingerprint density at radius 1 is 0.750 bits per heavy atom. The molecule has 0 aromatic carbocycles. The lowest BCUT2D eigenvalue weighted by atomic mass is 10.4. The van der Waals surface area contributed by atoms with Crippen LogP contribution in [0.1, 0.15) is 54.4 Å². The van der Waals surface area contributed by atoms with Crippen LogP contribution in [0.4, 0.5) is 0 Å². The highest BCUT2D eigenvalue weighted by Crippen LogP contribution is 1.76. The SMILES string of the molecule is CC.CCCC.CCN(C)CC. The molecule has 0 aromatic heterocycles. The van der Waals surface area contributed by atoms with Crippen molar-refractivity contribution in [3.05, 3.63) is 0 Å². The molecule has 0 N–H and O–H groups in total.